The first-order valence-corrected chi connectivity index (χ1v) is 11.9. The van der Waals surface area contributed by atoms with Crippen LogP contribution in [0.25, 0.3) is 0 Å². The van der Waals surface area contributed by atoms with Gasteiger partial charge < -0.3 is 10.2 Å². The Morgan fingerprint density at radius 2 is 1.65 bits per heavy atom. The molecule has 1 fully saturated rings. The normalized spacial score (nSPS) is 15.7. The Hall–Kier alpha value is -2.33. The van der Waals surface area contributed by atoms with Gasteiger partial charge in [0.05, 0.1) is 0 Å². The van der Waals surface area contributed by atoms with Crippen LogP contribution in [0.4, 0.5) is 0 Å². The Bertz CT molecular complexity index is 830. The van der Waals surface area contributed by atoms with Gasteiger partial charge in [0.15, 0.2) is 0 Å². The molecule has 1 unspecified atom stereocenters. The fraction of sp³-hybridized carbons (Fsp3) is 0.462. The zero-order valence-electron chi connectivity index (χ0n) is 18.4. The number of carbonyl (C=O) groups is 2. The maximum absolute atomic E-state index is 13.5. The molecule has 1 N–H and O–H groups in total. The van der Waals surface area contributed by atoms with Crippen LogP contribution in [-0.4, -0.2) is 35.2 Å². The Balaban J connectivity index is 1.85. The second-order valence-electron chi connectivity index (χ2n) is 8.47. The largest absolute Gasteiger partial charge is 0.351 e. The highest BCUT2D eigenvalue weighted by Gasteiger charge is 2.32. The number of benzene rings is 2. The standard InChI is InChI=1S/C26H33ClN2O2/c1-20-13-15-22(16-14-20)25(26(31)28-23-11-7-2-3-8-12-23)29(24(30)19-27)18-17-21-9-5-4-6-10-21/h4-6,9-10,13-16,23,25H,2-3,7-8,11-12,17-19H2,1H3,(H,28,31). The maximum atomic E-state index is 13.5. The first-order valence-electron chi connectivity index (χ1n) is 11.3. The van der Waals surface area contributed by atoms with E-state index >= 15 is 0 Å². The van der Waals surface area contributed by atoms with Gasteiger partial charge in [-0.15, -0.1) is 11.6 Å². The third kappa shape index (κ3) is 6.83. The van der Waals surface area contributed by atoms with Crippen molar-refractivity contribution >= 4 is 23.4 Å². The molecule has 31 heavy (non-hydrogen) atoms. The third-order valence-electron chi connectivity index (χ3n) is 6.07. The first kappa shape index (κ1) is 23.3. The van der Waals surface area contributed by atoms with Crippen molar-refractivity contribution in [3.05, 3.63) is 71.3 Å². The SMILES string of the molecule is Cc1ccc(C(C(=O)NC2CCCCCC2)N(CCc2ccccc2)C(=O)CCl)cc1. The molecule has 1 saturated carbocycles. The number of nitrogens with zero attached hydrogens (tertiary/aromatic N) is 1. The summed E-state index contributed by atoms with van der Waals surface area (Å²) < 4.78 is 0. The number of nitrogens with one attached hydrogen (secondary N) is 1. The number of hydrogen-bond acceptors (Lipinski definition) is 2. The summed E-state index contributed by atoms with van der Waals surface area (Å²) in [5, 5.41) is 3.25. The van der Waals surface area contributed by atoms with E-state index in [4.69, 9.17) is 11.6 Å². The molecule has 4 nitrogen and oxygen atoms in total. The zero-order chi connectivity index (χ0) is 22.1. The van der Waals surface area contributed by atoms with Gasteiger partial charge in [-0.2, -0.15) is 0 Å². The first-order chi connectivity index (χ1) is 15.1. The minimum absolute atomic E-state index is 0.109. The number of halogens is 1. The van der Waals surface area contributed by atoms with Crippen LogP contribution in [0.5, 0.6) is 0 Å². The Labute approximate surface area is 191 Å². The molecule has 0 radical (unpaired) electrons. The molecule has 5 heteroatoms. The molecule has 2 aromatic rings. The van der Waals surface area contributed by atoms with Crippen molar-refractivity contribution < 1.29 is 9.59 Å². The highest BCUT2D eigenvalue weighted by Crippen LogP contribution is 2.25. The summed E-state index contributed by atoms with van der Waals surface area (Å²) in [5.41, 5.74) is 3.07. The van der Waals surface area contributed by atoms with Gasteiger partial charge in [-0.25, -0.2) is 0 Å². The molecule has 0 spiro atoms. The lowest BCUT2D eigenvalue weighted by Gasteiger charge is -2.32. The number of aryl methyl sites for hydroxylation is 1. The van der Waals surface area contributed by atoms with Crippen molar-refractivity contribution in [1.29, 1.82) is 0 Å². The van der Waals surface area contributed by atoms with Gasteiger partial charge in [-0.1, -0.05) is 85.8 Å². The number of hydrogen-bond donors (Lipinski definition) is 1. The van der Waals surface area contributed by atoms with E-state index < -0.39 is 6.04 Å². The summed E-state index contributed by atoms with van der Waals surface area (Å²) in [7, 11) is 0. The molecule has 1 aliphatic rings. The highest BCUT2D eigenvalue weighted by molar-refractivity contribution is 6.27. The molecular weight excluding hydrogens is 408 g/mol. The van der Waals surface area contributed by atoms with Gasteiger partial charge in [-0.05, 0) is 37.3 Å². The van der Waals surface area contributed by atoms with Crippen LogP contribution in [0, 0.1) is 6.92 Å². The highest BCUT2D eigenvalue weighted by atomic mass is 35.5. The Kier molecular flexibility index (Phi) is 8.96. The zero-order valence-corrected chi connectivity index (χ0v) is 19.1. The molecule has 166 valence electrons. The van der Waals surface area contributed by atoms with Crippen molar-refractivity contribution in [2.45, 2.75) is 64.0 Å². The molecular formula is C26H33ClN2O2. The van der Waals surface area contributed by atoms with Crippen LogP contribution in [0.1, 0.15) is 61.3 Å². The molecule has 3 rings (SSSR count). The lowest BCUT2D eigenvalue weighted by molar-refractivity contribution is -0.139. The molecule has 0 bridgehead atoms. The second-order valence-corrected chi connectivity index (χ2v) is 8.73. The number of rotatable bonds is 8. The van der Waals surface area contributed by atoms with Gasteiger partial charge in [-0.3, -0.25) is 9.59 Å². The van der Waals surface area contributed by atoms with Gasteiger partial charge in [0, 0.05) is 12.6 Å². The van der Waals surface area contributed by atoms with Crippen LogP contribution >= 0.6 is 11.6 Å². The molecule has 1 aliphatic carbocycles. The fourth-order valence-electron chi connectivity index (χ4n) is 4.29. The molecule has 2 aromatic carbocycles. The van der Waals surface area contributed by atoms with E-state index in [1.54, 1.807) is 4.90 Å². The minimum atomic E-state index is -0.682. The van der Waals surface area contributed by atoms with E-state index in [0.717, 1.165) is 42.4 Å². The van der Waals surface area contributed by atoms with Crippen LogP contribution < -0.4 is 5.32 Å². The molecule has 2 amide bonds. The van der Waals surface area contributed by atoms with Gasteiger partial charge >= 0.3 is 0 Å². The van der Waals surface area contributed by atoms with Crippen molar-refractivity contribution in [3.63, 3.8) is 0 Å². The van der Waals surface area contributed by atoms with E-state index in [-0.39, 0.29) is 23.7 Å². The summed E-state index contributed by atoms with van der Waals surface area (Å²) in [6, 6.07) is 17.4. The lowest BCUT2D eigenvalue weighted by Crippen LogP contribution is -2.47. The van der Waals surface area contributed by atoms with Crippen LogP contribution in [0.15, 0.2) is 54.6 Å². The van der Waals surface area contributed by atoms with Crippen LogP contribution in [0.3, 0.4) is 0 Å². The smallest absolute Gasteiger partial charge is 0.247 e. The van der Waals surface area contributed by atoms with Gasteiger partial charge in [0.2, 0.25) is 11.8 Å². The molecule has 0 aromatic heterocycles. The second kappa shape index (κ2) is 11.9. The van der Waals surface area contributed by atoms with E-state index in [9.17, 15) is 9.59 Å². The number of amides is 2. The minimum Gasteiger partial charge on any atom is -0.351 e. The monoisotopic (exact) mass is 440 g/mol. The van der Waals surface area contributed by atoms with E-state index in [0.29, 0.717) is 13.0 Å². The fourth-order valence-corrected chi connectivity index (χ4v) is 4.45. The van der Waals surface area contributed by atoms with Crippen molar-refractivity contribution in [1.82, 2.24) is 10.2 Å². The van der Waals surface area contributed by atoms with Crippen molar-refractivity contribution in [3.8, 4) is 0 Å². The summed E-state index contributed by atoms with van der Waals surface area (Å²) >= 11 is 5.98. The predicted molar refractivity (Wildman–Crippen MR) is 126 cm³/mol. The van der Waals surface area contributed by atoms with Gasteiger partial charge in [0.1, 0.15) is 11.9 Å². The lowest BCUT2D eigenvalue weighted by atomic mass is 10.0. The summed E-state index contributed by atoms with van der Waals surface area (Å²) in [6.07, 6.45) is 7.39. The maximum Gasteiger partial charge on any atom is 0.247 e. The molecule has 1 atom stereocenters. The van der Waals surface area contributed by atoms with Crippen LogP contribution in [-0.2, 0) is 16.0 Å². The average molecular weight is 441 g/mol. The summed E-state index contributed by atoms with van der Waals surface area (Å²) in [4.78, 5) is 28.1. The Morgan fingerprint density at radius 1 is 1.00 bits per heavy atom. The molecule has 0 heterocycles. The van der Waals surface area contributed by atoms with Crippen LogP contribution in [0.2, 0.25) is 0 Å². The molecule has 0 saturated heterocycles. The van der Waals surface area contributed by atoms with Crippen molar-refractivity contribution in [2.75, 3.05) is 12.4 Å². The topological polar surface area (TPSA) is 49.4 Å². The summed E-state index contributed by atoms with van der Waals surface area (Å²) in [5.74, 6) is -0.477. The van der Waals surface area contributed by atoms with Gasteiger partial charge in [0.25, 0.3) is 0 Å². The summed E-state index contributed by atoms with van der Waals surface area (Å²) in [6.45, 7) is 2.45. The number of carbonyl (C=O) groups excluding carboxylic acids is 2. The average Bonchev–Trinajstić information content (AvgIpc) is 3.06. The van der Waals surface area contributed by atoms with Crippen molar-refractivity contribution in [2.24, 2.45) is 0 Å². The Morgan fingerprint density at radius 3 is 2.26 bits per heavy atom. The molecule has 0 aliphatic heterocycles. The number of alkyl halides is 1. The van der Waals surface area contributed by atoms with E-state index in [1.165, 1.54) is 12.8 Å². The van der Waals surface area contributed by atoms with E-state index in [2.05, 4.69) is 5.32 Å². The van der Waals surface area contributed by atoms with E-state index in [1.807, 2.05) is 61.5 Å². The quantitative estimate of drug-likeness (QED) is 0.454. The third-order valence-corrected chi connectivity index (χ3v) is 6.30. The predicted octanol–water partition coefficient (Wildman–Crippen LogP) is 5.19.